The fourth-order valence-electron chi connectivity index (χ4n) is 2.46. The molecule has 1 aliphatic rings. The van der Waals surface area contributed by atoms with Gasteiger partial charge in [0.05, 0.1) is 18.8 Å². The number of amides is 1. The number of hydrogen-bond donors (Lipinski definition) is 1. The highest BCUT2D eigenvalue weighted by Gasteiger charge is 2.28. The van der Waals surface area contributed by atoms with Gasteiger partial charge in [-0.1, -0.05) is 30.3 Å². The average Bonchev–Trinajstić information content (AvgIpc) is 2.87. The van der Waals surface area contributed by atoms with E-state index in [2.05, 4.69) is 5.32 Å². The Labute approximate surface area is 114 Å². The molecular weight excluding hydrogens is 242 g/mol. The van der Waals surface area contributed by atoms with E-state index in [9.17, 15) is 4.79 Å². The molecule has 0 radical (unpaired) electrons. The van der Waals surface area contributed by atoms with Gasteiger partial charge in [-0.15, -0.1) is 0 Å². The van der Waals surface area contributed by atoms with E-state index in [0.29, 0.717) is 6.61 Å². The Balaban J connectivity index is 1.67. The summed E-state index contributed by atoms with van der Waals surface area (Å²) >= 11 is 0. The molecule has 19 heavy (non-hydrogen) atoms. The molecule has 1 saturated carbocycles. The van der Waals surface area contributed by atoms with Crippen molar-refractivity contribution in [2.24, 2.45) is 0 Å². The lowest BCUT2D eigenvalue weighted by Crippen LogP contribution is -2.42. The summed E-state index contributed by atoms with van der Waals surface area (Å²) in [5.41, 5.74) is 1.07. The van der Waals surface area contributed by atoms with Gasteiger partial charge in [-0.05, 0) is 24.8 Å². The number of ether oxygens (including phenoxy) is 2. The van der Waals surface area contributed by atoms with Gasteiger partial charge in [-0.2, -0.15) is 0 Å². The first-order valence-corrected chi connectivity index (χ1v) is 6.73. The Bertz CT molecular complexity index is 394. The zero-order valence-corrected chi connectivity index (χ0v) is 11.3. The summed E-state index contributed by atoms with van der Waals surface area (Å²) in [6.45, 7) is 0.564. The minimum atomic E-state index is -0.0649. The lowest BCUT2D eigenvalue weighted by atomic mass is 10.2. The molecule has 2 atom stereocenters. The molecule has 104 valence electrons. The zero-order valence-electron chi connectivity index (χ0n) is 11.3. The molecule has 0 aromatic heterocycles. The highest BCUT2D eigenvalue weighted by molar-refractivity contribution is 5.77. The second kappa shape index (κ2) is 7.26. The van der Waals surface area contributed by atoms with Crippen molar-refractivity contribution in [1.82, 2.24) is 5.32 Å². The predicted molar refractivity (Wildman–Crippen MR) is 72.7 cm³/mol. The molecule has 0 bridgehead atoms. The molecule has 0 spiro atoms. The topological polar surface area (TPSA) is 47.6 Å². The van der Waals surface area contributed by atoms with Crippen LogP contribution in [0, 0.1) is 0 Å². The van der Waals surface area contributed by atoms with Gasteiger partial charge in [0.2, 0.25) is 5.91 Å². The van der Waals surface area contributed by atoms with Crippen LogP contribution in [0.25, 0.3) is 0 Å². The van der Waals surface area contributed by atoms with Crippen molar-refractivity contribution in [1.29, 1.82) is 0 Å². The molecule has 1 amide bonds. The largest absolute Gasteiger partial charge is 0.379 e. The summed E-state index contributed by atoms with van der Waals surface area (Å²) in [6, 6.07) is 9.98. The highest BCUT2D eigenvalue weighted by atomic mass is 16.5. The molecule has 0 aliphatic heterocycles. The van der Waals surface area contributed by atoms with E-state index < -0.39 is 0 Å². The molecule has 1 aliphatic carbocycles. The minimum absolute atomic E-state index is 0.0649. The van der Waals surface area contributed by atoms with Gasteiger partial charge in [0.1, 0.15) is 6.61 Å². The Morgan fingerprint density at radius 1 is 1.32 bits per heavy atom. The van der Waals surface area contributed by atoms with Crippen LogP contribution in [0.3, 0.4) is 0 Å². The maximum Gasteiger partial charge on any atom is 0.246 e. The van der Waals surface area contributed by atoms with Crippen molar-refractivity contribution in [3.05, 3.63) is 35.9 Å². The van der Waals surface area contributed by atoms with Gasteiger partial charge < -0.3 is 14.8 Å². The van der Waals surface area contributed by atoms with E-state index >= 15 is 0 Å². The van der Waals surface area contributed by atoms with Crippen LogP contribution >= 0.6 is 0 Å². The van der Waals surface area contributed by atoms with Crippen LogP contribution in [0.15, 0.2) is 30.3 Å². The number of methoxy groups -OCH3 is 1. The third kappa shape index (κ3) is 4.33. The summed E-state index contributed by atoms with van der Waals surface area (Å²) in [5.74, 6) is -0.0649. The van der Waals surface area contributed by atoms with Gasteiger partial charge in [0.15, 0.2) is 0 Å². The van der Waals surface area contributed by atoms with Gasteiger partial charge in [-0.3, -0.25) is 4.79 Å². The monoisotopic (exact) mass is 263 g/mol. The average molecular weight is 263 g/mol. The normalized spacial score (nSPS) is 22.4. The molecule has 1 aromatic carbocycles. The lowest BCUT2D eigenvalue weighted by Gasteiger charge is -2.19. The van der Waals surface area contributed by atoms with Crippen LogP contribution in [0.2, 0.25) is 0 Å². The molecule has 2 rings (SSSR count). The smallest absolute Gasteiger partial charge is 0.246 e. The number of benzene rings is 1. The molecule has 0 saturated heterocycles. The predicted octanol–water partition coefficient (Wildman–Crippen LogP) is 1.89. The quantitative estimate of drug-likeness (QED) is 0.852. The number of hydrogen-bond acceptors (Lipinski definition) is 3. The van der Waals surface area contributed by atoms with Crippen molar-refractivity contribution >= 4 is 5.91 Å². The van der Waals surface area contributed by atoms with Gasteiger partial charge in [-0.25, -0.2) is 0 Å². The van der Waals surface area contributed by atoms with Gasteiger partial charge >= 0.3 is 0 Å². The van der Waals surface area contributed by atoms with Crippen LogP contribution in [0.4, 0.5) is 0 Å². The van der Waals surface area contributed by atoms with E-state index in [1.54, 1.807) is 7.11 Å². The summed E-state index contributed by atoms with van der Waals surface area (Å²) in [6.07, 6.45) is 3.27. The summed E-state index contributed by atoms with van der Waals surface area (Å²) < 4.78 is 10.8. The molecule has 4 nitrogen and oxygen atoms in total. The summed E-state index contributed by atoms with van der Waals surface area (Å²) in [7, 11) is 1.70. The number of carbonyl (C=O) groups excluding carboxylic acids is 1. The Hall–Kier alpha value is -1.39. The number of nitrogens with one attached hydrogen (secondary N) is 1. The molecule has 1 N–H and O–H groups in total. The van der Waals surface area contributed by atoms with Gasteiger partial charge in [0.25, 0.3) is 0 Å². The second-order valence-electron chi connectivity index (χ2n) is 4.86. The van der Waals surface area contributed by atoms with Crippen molar-refractivity contribution in [2.45, 2.75) is 38.0 Å². The standard InChI is InChI=1S/C15H21NO3/c1-18-14-9-5-8-13(14)16-15(17)11-19-10-12-6-3-2-4-7-12/h2-4,6-7,13-14H,5,8-11H2,1H3,(H,16,17)/t13-,14+/m0/s1. The van der Waals surface area contributed by atoms with Crippen LogP contribution < -0.4 is 5.32 Å². The first-order chi connectivity index (χ1) is 9.29. The van der Waals surface area contributed by atoms with Crippen LogP contribution in [-0.4, -0.2) is 31.8 Å². The third-order valence-electron chi connectivity index (χ3n) is 3.45. The van der Waals surface area contributed by atoms with Crippen molar-refractivity contribution in [3.63, 3.8) is 0 Å². The van der Waals surface area contributed by atoms with E-state index in [1.807, 2.05) is 30.3 Å². The van der Waals surface area contributed by atoms with E-state index in [4.69, 9.17) is 9.47 Å². The molecular formula is C15H21NO3. The maximum absolute atomic E-state index is 11.8. The van der Waals surface area contributed by atoms with Crippen LogP contribution in [-0.2, 0) is 20.9 Å². The minimum Gasteiger partial charge on any atom is -0.379 e. The van der Waals surface area contributed by atoms with Crippen molar-refractivity contribution in [3.8, 4) is 0 Å². The molecule has 0 unspecified atom stereocenters. The lowest BCUT2D eigenvalue weighted by molar-refractivity contribution is -0.127. The maximum atomic E-state index is 11.8. The second-order valence-corrected chi connectivity index (χ2v) is 4.86. The van der Waals surface area contributed by atoms with E-state index in [-0.39, 0.29) is 24.7 Å². The third-order valence-corrected chi connectivity index (χ3v) is 3.45. The fourth-order valence-corrected chi connectivity index (χ4v) is 2.46. The molecule has 4 heteroatoms. The van der Waals surface area contributed by atoms with E-state index in [0.717, 1.165) is 24.8 Å². The van der Waals surface area contributed by atoms with Crippen molar-refractivity contribution < 1.29 is 14.3 Å². The molecule has 1 fully saturated rings. The van der Waals surface area contributed by atoms with Crippen molar-refractivity contribution in [2.75, 3.05) is 13.7 Å². The van der Waals surface area contributed by atoms with Crippen LogP contribution in [0.1, 0.15) is 24.8 Å². The highest BCUT2D eigenvalue weighted by Crippen LogP contribution is 2.21. The summed E-state index contributed by atoms with van der Waals surface area (Å²) in [4.78, 5) is 11.8. The SMILES string of the molecule is CO[C@@H]1CCC[C@@H]1NC(=O)COCc1ccccc1. The Morgan fingerprint density at radius 2 is 2.11 bits per heavy atom. The first kappa shape index (κ1) is 14.0. The van der Waals surface area contributed by atoms with Gasteiger partial charge in [0, 0.05) is 7.11 Å². The Morgan fingerprint density at radius 3 is 2.84 bits per heavy atom. The fraction of sp³-hybridized carbons (Fsp3) is 0.533. The number of rotatable bonds is 6. The molecule has 1 aromatic rings. The summed E-state index contributed by atoms with van der Waals surface area (Å²) in [5, 5.41) is 2.98. The van der Waals surface area contributed by atoms with E-state index in [1.165, 1.54) is 0 Å². The zero-order chi connectivity index (χ0) is 13.5. The first-order valence-electron chi connectivity index (χ1n) is 6.73. The van der Waals surface area contributed by atoms with Crippen LogP contribution in [0.5, 0.6) is 0 Å². The number of carbonyl (C=O) groups is 1. The molecule has 0 heterocycles. The Kier molecular flexibility index (Phi) is 5.36.